The topological polar surface area (TPSA) is 29.5 Å². The fraction of sp³-hybridized carbons (Fsp3) is 0.933. The second-order valence-corrected chi connectivity index (χ2v) is 6.13. The summed E-state index contributed by atoms with van der Waals surface area (Å²) in [7, 11) is 0. The molecule has 0 N–H and O–H groups in total. The molecule has 1 aliphatic carbocycles. The third-order valence-corrected chi connectivity index (χ3v) is 3.53. The maximum absolute atomic E-state index is 11.8. The molecular weight excluding hydrogens is 226 g/mol. The van der Waals surface area contributed by atoms with Gasteiger partial charge in [-0.05, 0) is 45.6 Å². The first-order valence-electron chi connectivity index (χ1n) is 7.42. The van der Waals surface area contributed by atoms with E-state index in [1.54, 1.807) is 0 Å². The highest BCUT2D eigenvalue weighted by atomic mass is 16.5. The van der Waals surface area contributed by atoms with Crippen molar-refractivity contribution in [3.63, 3.8) is 0 Å². The molecule has 1 saturated carbocycles. The molecule has 0 aromatic rings. The third kappa shape index (κ3) is 5.85. The van der Waals surface area contributed by atoms with E-state index < -0.39 is 0 Å². The highest BCUT2D eigenvalue weighted by molar-refractivity contribution is 5.71. The van der Waals surface area contributed by atoms with Gasteiger partial charge >= 0.3 is 5.97 Å². The first kappa shape index (κ1) is 15.5. The molecule has 0 atom stereocenters. The first-order chi connectivity index (χ1) is 8.49. The van der Waals surface area contributed by atoms with Crippen molar-refractivity contribution in [2.24, 2.45) is 5.92 Å². The van der Waals surface area contributed by atoms with Crippen LogP contribution in [0.5, 0.6) is 0 Å². The standard InChI is InChI=1S/C15H29NO2/c1-12(2)9-10-16(14-7-5-6-8-14)11-15(17)18-13(3)4/h12-14H,5-11H2,1-4H3. The minimum absolute atomic E-state index is 0.00646. The lowest BCUT2D eigenvalue weighted by atomic mass is 10.1. The van der Waals surface area contributed by atoms with Crippen molar-refractivity contribution in [3.8, 4) is 0 Å². The Kier molecular flexibility index (Phi) is 6.69. The highest BCUT2D eigenvalue weighted by Crippen LogP contribution is 2.24. The first-order valence-corrected chi connectivity index (χ1v) is 7.42. The number of carbonyl (C=O) groups excluding carboxylic acids is 1. The van der Waals surface area contributed by atoms with Crippen LogP contribution in [0.4, 0.5) is 0 Å². The summed E-state index contributed by atoms with van der Waals surface area (Å²) in [6, 6.07) is 0.600. The molecule has 0 heterocycles. The molecule has 3 heteroatoms. The van der Waals surface area contributed by atoms with Crippen LogP contribution in [0, 0.1) is 5.92 Å². The van der Waals surface area contributed by atoms with Crippen molar-refractivity contribution in [2.45, 2.75) is 71.9 Å². The van der Waals surface area contributed by atoms with E-state index in [1.807, 2.05) is 13.8 Å². The summed E-state index contributed by atoms with van der Waals surface area (Å²) in [5.74, 6) is 0.621. The van der Waals surface area contributed by atoms with E-state index in [2.05, 4.69) is 18.7 Å². The predicted molar refractivity (Wildman–Crippen MR) is 74.5 cm³/mol. The summed E-state index contributed by atoms with van der Waals surface area (Å²) in [6.45, 7) is 9.78. The Hall–Kier alpha value is -0.570. The van der Waals surface area contributed by atoms with E-state index in [0.717, 1.165) is 13.0 Å². The molecule has 3 nitrogen and oxygen atoms in total. The summed E-state index contributed by atoms with van der Waals surface area (Å²) in [6.07, 6.45) is 6.25. The quantitative estimate of drug-likeness (QED) is 0.654. The molecule has 0 saturated heterocycles. The molecule has 0 aromatic heterocycles. The maximum atomic E-state index is 11.8. The van der Waals surface area contributed by atoms with Crippen molar-refractivity contribution < 1.29 is 9.53 Å². The molecule has 18 heavy (non-hydrogen) atoms. The van der Waals surface area contributed by atoms with Crippen molar-refractivity contribution in [3.05, 3.63) is 0 Å². The predicted octanol–water partition coefficient (Wildman–Crippen LogP) is 3.23. The Morgan fingerprint density at radius 2 is 1.83 bits per heavy atom. The average Bonchev–Trinajstić information content (AvgIpc) is 2.75. The molecule has 0 amide bonds. The zero-order valence-corrected chi connectivity index (χ0v) is 12.4. The van der Waals surface area contributed by atoms with Gasteiger partial charge in [-0.15, -0.1) is 0 Å². The molecule has 106 valence electrons. The lowest BCUT2D eigenvalue weighted by Crippen LogP contribution is -2.39. The van der Waals surface area contributed by atoms with Crippen LogP contribution >= 0.6 is 0 Å². The lowest BCUT2D eigenvalue weighted by Gasteiger charge is -2.28. The maximum Gasteiger partial charge on any atom is 0.320 e. The van der Waals surface area contributed by atoms with Gasteiger partial charge in [0.1, 0.15) is 0 Å². The molecule has 0 aromatic carbocycles. The van der Waals surface area contributed by atoms with E-state index in [-0.39, 0.29) is 12.1 Å². The Labute approximate surface area is 112 Å². The van der Waals surface area contributed by atoms with Crippen LogP contribution in [0.1, 0.15) is 59.8 Å². The summed E-state index contributed by atoms with van der Waals surface area (Å²) in [5, 5.41) is 0. The van der Waals surface area contributed by atoms with Crippen LogP contribution in [0.15, 0.2) is 0 Å². The highest BCUT2D eigenvalue weighted by Gasteiger charge is 2.24. The van der Waals surface area contributed by atoms with Gasteiger partial charge in [0, 0.05) is 6.04 Å². The fourth-order valence-corrected chi connectivity index (χ4v) is 2.55. The fourth-order valence-electron chi connectivity index (χ4n) is 2.55. The van der Waals surface area contributed by atoms with Crippen molar-refractivity contribution in [1.82, 2.24) is 4.90 Å². The molecule has 0 unspecified atom stereocenters. The zero-order chi connectivity index (χ0) is 13.5. The minimum Gasteiger partial charge on any atom is -0.462 e. The molecular formula is C15H29NO2. The van der Waals surface area contributed by atoms with Gasteiger partial charge in [-0.2, -0.15) is 0 Å². The third-order valence-electron chi connectivity index (χ3n) is 3.53. The van der Waals surface area contributed by atoms with Crippen molar-refractivity contribution >= 4 is 5.97 Å². The van der Waals surface area contributed by atoms with Crippen LogP contribution in [-0.4, -0.2) is 36.1 Å². The molecule has 1 fully saturated rings. The Balaban J connectivity index is 2.45. The number of hydrogen-bond acceptors (Lipinski definition) is 3. The summed E-state index contributed by atoms with van der Waals surface area (Å²) in [4.78, 5) is 14.1. The summed E-state index contributed by atoms with van der Waals surface area (Å²) < 4.78 is 5.27. The molecule has 0 bridgehead atoms. The number of ether oxygens (including phenoxy) is 1. The van der Waals surface area contributed by atoms with Gasteiger partial charge in [0.05, 0.1) is 12.6 Å². The van der Waals surface area contributed by atoms with Crippen molar-refractivity contribution in [1.29, 1.82) is 0 Å². The Morgan fingerprint density at radius 3 is 2.33 bits per heavy atom. The molecule has 0 spiro atoms. The number of esters is 1. The second-order valence-electron chi connectivity index (χ2n) is 6.13. The van der Waals surface area contributed by atoms with Crippen LogP contribution in [0.3, 0.4) is 0 Å². The van der Waals surface area contributed by atoms with Gasteiger partial charge in [-0.3, -0.25) is 9.69 Å². The average molecular weight is 255 g/mol. The number of nitrogens with zero attached hydrogens (tertiary/aromatic N) is 1. The van der Waals surface area contributed by atoms with Crippen LogP contribution in [0.25, 0.3) is 0 Å². The van der Waals surface area contributed by atoms with E-state index in [1.165, 1.54) is 25.7 Å². The van der Waals surface area contributed by atoms with Gasteiger partial charge in [-0.1, -0.05) is 26.7 Å². The Morgan fingerprint density at radius 1 is 1.22 bits per heavy atom. The SMILES string of the molecule is CC(C)CCN(CC(=O)OC(C)C)C1CCCC1. The van der Waals surface area contributed by atoms with E-state index in [9.17, 15) is 4.79 Å². The van der Waals surface area contributed by atoms with E-state index in [0.29, 0.717) is 18.5 Å². The van der Waals surface area contributed by atoms with E-state index >= 15 is 0 Å². The largest absolute Gasteiger partial charge is 0.462 e. The molecule has 1 aliphatic rings. The normalized spacial score (nSPS) is 17.1. The Bertz CT molecular complexity index is 245. The monoisotopic (exact) mass is 255 g/mol. The minimum atomic E-state index is -0.0688. The second kappa shape index (κ2) is 7.78. The zero-order valence-electron chi connectivity index (χ0n) is 12.4. The van der Waals surface area contributed by atoms with Crippen LogP contribution in [0.2, 0.25) is 0 Å². The van der Waals surface area contributed by atoms with Gasteiger partial charge in [0.15, 0.2) is 0 Å². The molecule has 0 aliphatic heterocycles. The lowest BCUT2D eigenvalue weighted by molar-refractivity contribution is -0.149. The number of carbonyl (C=O) groups is 1. The van der Waals surface area contributed by atoms with Gasteiger partial charge in [0.25, 0.3) is 0 Å². The van der Waals surface area contributed by atoms with Crippen molar-refractivity contribution in [2.75, 3.05) is 13.1 Å². The summed E-state index contributed by atoms with van der Waals surface area (Å²) >= 11 is 0. The van der Waals surface area contributed by atoms with Gasteiger partial charge in [-0.25, -0.2) is 0 Å². The smallest absolute Gasteiger partial charge is 0.320 e. The molecule has 0 radical (unpaired) electrons. The van der Waals surface area contributed by atoms with Gasteiger partial charge < -0.3 is 4.74 Å². The molecule has 1 rings (SSSR count). The van der Waals surface area contributed by atoms with E-state index in [4.69, 9.17) is 4.74 Å². The van der Waals surface area contributed by atoms with Gasteiger partial charge in [0.2, 0.25) is 0 Å². The van der Waals surface area contributed by atoms with Crippen LogP contribution in [-0.2, 0) is 9.53 Å². The number of rotatable bonds is 7. The summed E-state index contributed by atoms with van der Waals surface area (Å²) in [5.41, 5.74) is 0. The number of hydrogen-bond donors (Lipinski definition) is 0. The van der Waals surface area contributed by atoms with Crippen LogP contribution < -0.4 is 0 Å².